The molecule has 0 radical (unpaired) electrons. The summed E-state index contributed by atoms with van der Waals surface area (Å²) in [5.74, 6) is 0. The summed E-state index contributed by atoms with van der Waals surface area (Å²) in [5.41, 5.74) is -2.44. The molecule has 0 unspecified atom stereocenters. The summed E-state index contributed by atoms with van der Waals surface area (Å²) in [6.07, 6.45) is -0.497. The van der Waals surface area contributed by atoms with E-state index in [-0.39, 0.29) is 10.1 Å². The molecule has 0 bridgehead atoms. The van der Waals surface area contributed by atoms with Crippen molar-refractivity contribution in [3.8, 4) is 0 Å². The standard InChI is InChI=1S/C19H32N2O6Si/c1-8-19(21-10-9-13(22)20-16(21)24)15(23)14-12(26-19)11-25-28(27-14,17(2,3)4)18(5,6)7/h9-10,12,14-15,23H,8,11H2,1-7H3,(H,20,22,24)/t12-,14-,15-,19-/m1/s1. The van der Waals surface area contributed by atoms with Gasteiger partial charge < -0.3 is 18.7 Å². The van der Waals surface area contributed by atoms with Gasteiger partial charge >= 0.3 is 14.3 Å². The van der Waals surface area contributed by atoms with E-state index in [4.69, 9.17) is 13.6 Å². The van der Waals surface area contributed by atoms with Gasteiger partial charge in [0.15, 0.2) is 5.72 Å². The lowest BCUT2D eigenvalue weighted by atomic mass is 10.00. The summed E-state index contributed by atoms with van der Waals surface area (Å²) in [5, 5.41) is 10.8. The van der Waals surface area contributed by atoms with Crippen LogP contribution in [0, 0.1) is 0 Å². The molecule has 2 fully saturated rings. The third-order valence-corrected chi connectivity index (χ3v) is 11.1. The first-order chi connectivity index (χ1) is 12.8. The number of rotatable bonds is 2. The number of H-pyrrole nitrogens is 1. The van der Waals surface area contributed by atoms with Gasteiger partial charge in [0, 0.05) is 22.3 Å². The maximum Gasteiger partial charge on any atom is 0.349 e. The van der Waals surface area contributed by atoms with Crippen molar-refractivity contribution in [1.82, 2.24) is 9.55 Å². The van der Waals surface area contributed by atoms with Crippen LogP contribution in [0.5, 0.6) is 0 Å². The average molecular weight is 413 g/mol. The number of hydrogen-bond donors (Lipinski definition) is 2. The van der Waals surface area contributed by atoms with E-state index in [1.54, 1.807) is 0 Å². The summed E-state index contributed by atoms with van der Waals surface area (Å²) in [7, 11) is -2.80. The molecule has 0 saturated carbocycles. The first-order valence-corrected chi connectivity index (χ1v) is 11.6. The molecule has 0 spiro atoms. The van der Waals surface area contributed by atoms with Gasteiger partial charge in [0.05, 0.1) is 6.61 Å². The molecule has 2 N–H and O–H groups in total. The molecule has 9 heteroatoms. The van der Waals surface area contributed by atoms with Crippen LogP contribution in [0.15, 0.2) is 21.9 Å². The van der Waals surface area contributed by atoms with Crippen LogP contribution in [-0.4, -0.2) is 48.1 Å². The third-order valence-electron chi connectivity index (χ3n) is 5.96. The molecule has 2 aliphatic rings. The number of aromatic nitrogens is 2. The Labute approximate surface area is 166 Å². The van der Waals surface area contributed by atoms with Crippen LogP contribution in [0.4, 0.5) is 0 Å². The van der Waals surface area contributed by atoms with Gasteiger partial charge in [-0.1, -0.05) is 48.5 Å². The lowest BCUT2D eigenvalue weighted by Gasteiger charge is -2.53. The van der Waals surface area contributed by atoms with Crippen molar-refractivity contribution in [2.75, 3.05) is 6.61 Å². The predicted molar refractivity (Wildman–Crippen MR) is 106 cm³/mol. The molecule has 3 rings (SSSR count). The minimum Gasteiger partial charge on any atom is -0.391 e. The number of nitrogens with one attached hydrogen (secondary N) is 1. The quantitative estimate of drug-likeness (QED) is 0.718. The Kier molecular flexibility index (Phi) is 5.08. The molecule has 2 aliphatic heterocycles. The van der Waals surface area contributed by atoms with Gasteiger partial charge in [-0.2, -0.15) is 0 Å². The Morgan fingerprint density at radius 2 is 1.86 bits per heavy atom. The van der Waals surface area contributed by atoms with Gasteiger partial charge in [-0.3, -0.25) is 14.3 Å². The van der Waals surface area contributed by atoms with E-state index in [9.17, 15) is 14.7 Å². The first-order valence-electron chi connectivity index (χ1n) is 9.79. The van der Waals surface area contributed by atoms with Crippen molar-refractivity contribution in [3.05, 3.63) is 33.1 Å². The second-order valence-electron chi connectivity index (χ2n) is 9.79. The highest BCUT2D eigenvalue weighted by Gasteiger charge is 2.67. The first kappa shape index (κ1) is 21.4. The number of fused-ring (bicyclic) bond motifs is 1. The smallest absolute Gasteiger partial charge is 0.349 e. The highest BCUT2D eigenvalue weighted by atomic mass is 28.4. The third kappa shape index (κ3) is 2.95. The Bertz CT molecular complexity index is 837. The highest BCUT2D eigenvalue weighted by Crippen LogP contribution is 2.56. The van der Waals surface area contributed by atoms with Crippen molar-refractivity contribution in [2.24, 2.45) is 0 Å². The molecule has 158 valence electrons. The topological polar surface area (TPSA) is 103 Å². The fourth-order valence-electron chi connectivity index (χ4n) is 4.84. The Balaban J connectivity index is 2.06. The summed E-state index contributed by atoms with van der Waals surface area (Å²) in [6.45, 7) is 14.7. The zero-order valence-electron chi connectivity index (χ0n) is 17.7. The van der Waals surface area contributed by atoms with Crippen LogP contribution >= 0.6 is 0 Å². The van der Waals surface area contributed by atoms with Crippen molar-refractivity contribution < 1.29 is 18.7 Å². The lowest BCUT2D eigenvalue weighted by Crippen LogP contribution is -2.65. The van der Waals surface area contributed by atoms with Gasteiger partial charge in [-0.05, 0) is 6.42 Å². The fraction of sp³-hybridized carbons (Fsp3) is 0.789. The maximum atomic E-state index is 12.4. The zero-order chi connectivity index (χ0) is 21.1. The van der Waals surface area contributed by atoms with Gasteiger partial charge in [0.2, 0.25) is 0 Å². The SMILES string of the molecule is CC[C@@]1(n2ccc(=O)[nH]c2=O)O[C@@H]2CO[Si](C(C)(C)C)(C(C)(C)C)O[C@H]2[C@H]1O. The van der Waals surface area contributed by atoms with Crippen molar-refractivity contribution in [1.29, 1.82) is 0 Å². The molecule has 1 aromatic rings. The number of nitrogens with zero attached hydrogens (tertiary/aromatic N) is 1. The molecule has 0 aliphatic carbocycles. The Morgan fingerprint density at radius 3 is 2.36 bits per heavy atom. The van der Waals surface area contributed by atoms with Gasteiger partial charge in [0.25, 0.3) is 5.56 Å². The van der Waals surface area contributed by atoms with E-state index >= 15 is 0 Å². The van der Waals surface area contributed by atoms with Crippen molar-refractivity contribution >= 4 is 8.56 Å². The van der Waals surface area contributed by atoms with Gasteiger partial charge in [-0.25, -0.2) is 4.79 Å². The normalized spacial score (nSPS) is 32.9. The second-order valence-corrected chi connectivity index (χ2v) is 14.5. The molecule has 0 amide bonds. The van der Waals surface area contributed by atoms with Crippen LogP contribution in [0.25, 0.3) is 0 Å². The Hall–Kier alpha value is -1.26. The molecule has 0 aromatic carbocycles. The number of ether oxygens (including phenoxy) is 1. The summed E-state index contributed by atoms with van der Waals surface area (Å²) in [6, 6.07) is 1.25. The van der Waals surface area contributed by atoms with E-state index in [0.717, 1.165) is 0 Å². The van der Waals surface area contributed by atoms with E-state index in [1.807, 2.05) is 6.92 Å². The molecule has 4 atom stereocenters. The van der Waals surface area contributed by atoms with E-state index in [2.05, 4.69) is 46.5 Å². The van der Waals surface area contributed by atoms with Gasteiger partial charge in [-0.15, -0.1) is 0 Å². The molecule has 8 nitrogen and oxygen atoms in total. The van der Waals surface area contributed by atoms with Crippen molar-refractivity contribution in [2.45, 2.75) is 89.0 Å². The minimum absolute atomic E-state index is 0.234. The minimum atomic E-state index is -2.80. The monoisotopic (exact) mass is 412 g/mol. The maximum absolute atomic E-state index is 12.4. The molecular formula is C19H32N2O6Si. The predicted octanol–water partition coefficient (Wildman–Crippen LogP) is 1.82. The number of aromatic amines is 1. The summed E-state index contributed by atoms with van der Waals surface area (Å²) >= 11 is 0. The largest absolute Gasteiger partial charge is 0.391 e. The number of aliphatic hydroxyl groups is 1. The van der Waals surface area contributed by atoms with E-state index < -0.39 is 43.8 Å². The molecule has 3 heterocycles. The van der Waals surface area contributed by atoms with Crippen LogP contribution in [0.1, 0.15) is 54.9 Å². The molecule has 2 saturated heterocycles. The van der Waals surface area contributed by atoms with Crippen LogP contribution in [0.3, 0.4) is 0 Å². The summed E-state index contributed by atoms with van der Waals surface area (Å²) < 4.78 is 20.5. The van der Waals surface area contributed by atoms with E-state index in [0.29, 0.717) is 13.0 Å². The van der Waals surface area contributed by atoms with E-state index in [1.165, 1.54) is 16.8 Å². The van der Waals surface area contributed by atoms with Crippen LogP contribution < -0.4 is 11.2 Å². The highest BCUT2D eigenvalue weighted by molar-refractivity contribution is 6.73. The number of hydrogen-bond acceptors (Lipinski definition) is 6. The van der Waals surface area contributed by atoms with Crippen molar-refractivity contribution in [3.63, 3.8) is 0 Å². The van der Waals surface area contributed by atoms with Crippen LogP contribution in [0.2, 0.25) is 10.1 Å². The van der Waals surface area contributed by atoms with Gasteiger partial charge in [0.1, 0.15) is 18.3 Å². The molecule has 28 heavy (non-hydrogen) atoms. The molecule has 1 aromatic heterocycles. The molecular weight excluding hydrogens is 380 g/mol. The fourth-order valence-corrected chi connectivity index (χ4v) is 9.80. The summed E-state index contributed by atoms with van der Waals surface area (Å²) in [4.78, 5) is 26.2. The zero-order valence-corrected chi connectivity index (χ0v) is 18.7. The average Bonchev–Trinajstić information content (AvgIpc) is 2.85. The lowest BCUT2D eigenvalue weighted by molar-refractivity contribution is -0.153. The second kappa shape index (κ2) is 6.63. The van der Waals surface area contributed by atoms with Crippen LogP contribution in [-0.2, 0) is 19.3 Å². The Morgan fingerprint density at radius 1 is 1.25 bits per heavy atom. The number of aliphatic hydroxyl groups excluding tert-OH is 1.